The fraction of sp³-hybridized carbons (Fsp3) is 0.500. The molecule has 1 unspecified atom stereocenters. The molecule has 0 aliphatic carbocycles. The molecule has 4 nitrogen and oxygen atoms in total. The van der Waals surface area contributed by atoms with E-state index in [1.807, 2.05) is 4.90 Å². The minimum Gasteiger partial charge on any atom is -0.507 e. The first-order chi connectivity index (χ1) is 8.70. The van der Waals surface area contributed by atoms with Crippen molar-refractivity contribution in [2.24, 2.45) is 5.41 Å². The predicted octanol–water partition coefficient (Wildman–Crippen LogP) is 1.22. The van der Waals surface area contributed by atoms with Crippen LogP contribution in [0.25, 0.3) is 0 Å². The lowest BCUT2D eigenvalue weighted by atomic mass is 9.86. The quantitative estimate of drug-likeness (QED) is 0.783. The Bertz CT molecular complexity index is 467. The summed E-state index contributed by atoms with van der Waals surface area (Å²) in [7, 11) is 0. The first kappa shape index (κ1) is 11.5. The number of carbonyl (C=O) groups is 1. The van der Waals surface area contributed by atoms with E-state index in [4.69, 9.17) is 0 Å². The molecular weight excluding hydrogens is 228 g/mol. The van der Waals surface area contributed by atoms with Crippen LogP contribution in [-0.4, -0.2) is 42.1 Å². The lowest BCUT2D eigenvalue weighted by molar-refractivity contribution is 0.0772. The highest BCUT2D eigenvalue weighted by molar-refractivity contribution is 5.97. The van der Waals surface area contributed by atoms with Crippen molar-refractivity contribution in [1.29, 1.82) is 0 Å². The van der Waals surface area contributed by atoms with Crippen molar-refractivity contribution in [2.45, 2.75) is 12.8 Å². The molecule has 0 aromatic heterocycles. The zero-order valence-corrected chi connectivity index (χ0v) is 10.4. The highest BCUT2D eigenvalue weighted by Crippen LogP contribution is 2.37. The molecular formula is C14H18N2O2. The third kappa shape index (κ3) is 1.86. The molecule has 1 spiro atoms. The van der Waals surface area contributed by atoms with E-state index in [2.05, 4.69) is 5.32 Å². The van der Waals surface area contributed by atoms with Gasteiger partial charge in [-0.05, 0) is 31.5 Å². The lowest BCUT2D eigenvalue weighted by Gasteiger charge is -2.23. The van der Waals surface area contributed by atoms with Crippen LogP contribution in [0.4, 0.5) is 0 Å². The SMILES string of the molecule is O=C(c1ccccc1O)N1CCC2(CCNC2)C1. The fourth-order valence-corrected chi connectivity index (χ4v) is 3.08. The lowest BCUT2D eigenvalue weighted by Crippen LogP contribution is -2.33. The maximum atomic E-state index is 12.4. The van der Waals surface area contributed by atoms with Gasteiger partial charge in [0.1, 0.15) is 5.75 Å². The van der Waals surface area contributed by atoms with Crippen molar-refractivity contribution < 1.29 is 9.90 Å². The Morgan fingerprint density at radius 2 is 2.17 bits per heavy atom. The normalized spacial score (nSPS) is 27.0. The molecule has 2 aliphatic heterocycles. The molecule has 1 amide bonds. The Balaban J connectivity index is 1.77. The number of carbonyl (C=O) groups excluding carboxylic acids is 1. The van der Waals surface area contributed by atoms with Gasteiger partial charge in [-0.2, -0.15) is 0 Å². The predicted molar refractivity (Wildman–Crippen MR) is 68.5 cm³/mol. The van der Waals surface area contributed by atoms with Crippen molar-refractivity contribution >= 4 is 5.91 Å². The summed E-state index contributed by atoms with van der Waals surface area (Å²) in [6, 6.07) is 6.78. The summed E-state index contributed by atoms with van der Waals surface area (Å²) < 4.78 is 0. The second kappa shape index (κ2) is 4.28. The third-order valence-electron chi connectivity index (χ3n) is 4.19. The number of likely N-dealkylation sites (tertiary alicyclic amines) is 1. The molecule has 0 radical (unpaired) electrons. The van der Waals surface area contributed by atoms with Crippen LogP contribution >= 0.6 is 0 Å². The van der Waals surface area contributed by atoms with Gasteiger partial charge in [-0.15, -0.1) is 0 Å². The molecule has 1 aromatic carbocycles. The van der Waals surface area contributed by atoms with Gasteiger partial charge in [0.25, 0.3) is 5.91 Å². The number of para-hydroxylation sites is 1. The van der Waals surface area contributed by atoms with Crippen LogP contribution in [0.3, 0.4) is 0 Å². The Morgan fingerprint density at radius 1 is 1.33 bits per heavy atom. The summed E-state index contributed by atoms with van der Waals surface area (Å²) in [6.45, 7) is 3.68. The van der Waals surface area contributed by atoms with Crippen molar-refractivity contribution in [2.75, 3.05) is 26.2 Å². The number of aromatic hydroxyl groups is 1. The van der Waals surface area contributed by atoms with Gasteiger partial charge >= 0.3 is 0 Å². The number of phenolic OH excluding ortho intramolecular Hbond substituents is 1. The van der Waals surface area contributed by atoms with Gasteiger partial charge < -0.3 is 15.3 Å². The van der Waals surface area contributed by atoms with E-state index in [0.717, 1.165) is 39.0 Å². The highest BCUT2D eigenvalue weighted by atomic mass is 16.3. The van der Waals surface area contributed by atoms with E-state index in [1.165, 1.54) is 0 Å². The zero-order chi connectivity index (χ0) is 12.6. The van der Waals surface area contributed by atoms with E-state index >= 15 is 0 Å². The van der Waals surface area contributed by atoms with Gasteiger partial charge in [-0.25, -0.2) is 0 Å². The molecule has 4 heteroatoms. The van der Waals surface area contributed by atoms with Crippen LogP contribution in [0.5, 0.6) is 5.75 Å². The van der Waals surface area contributed by atoms with Crippen molar-refractivity contribution in [3.05, 3.63) is 29.8 Å². The van der Waals surface area contributed by atoms with E-state index < -0.39 is 0 Å². The minimum atomic E-state index is -0.0446. The molecule has 18 heavy (non-hydrogen) atoms. The molecule has 2 N–H and O–H groups in total. The number of phenols is 1. The third-order valence-corrected chi connectivity index (χ3v) is 4.19. The van der Waals surface area contributed by atoms with Gasteiger partial charge in [0.05, 0.1) is 5.56 Å². The van der Waals surface area contributed by atoms with Crippen molar-refractivity contribution in [1.82, 2.24) is 10.2 Å². The summed E-state index contributed by atoms with van der Waals surface area (Å²) in [5.41, 5.74) is 0.695. The van der Waals surface area contributed by atoms with Crippen LogP contribution in [0, 0.1) is 5.41 Å². The summed E-state index contributed by atoms with van der Waals surface area (Å²) >= 11 is 0. The maximum absolute atomic E-state index is 12.4. The molecule has 2 aliphatic rings. The van der Waals surface area contributed by atoms with E-state index in [9.17, 15) is 9.90 Å². The average Bonchev–Trinajstić information content (AvgIpc) is 3.00. The smallest absolute Gasteiger partial charge is 0.257 e. The van der Waals surface area contributed by atoms with Gasteiger partial charge in [0.2, 0.25) is 0 Å². The van der Waals surface area contributed by atoms with E-state index in [0.29, 0.717) is 5.56 Å². The Hall–Kier alpha value is -1.55. The topological polar surface area (TPSA) is 52.6 Å². The van der Waals surface area contributed by atoms with Gasteiger partial charge in [0, 0.05) is 25.0 Å². The first-order valence-corrected chi connectivity index (χ1v) is 6.48. The molecule has 1 aromatic rings. The number of amides is 1. The summed E-state index contributed by atoms with van der Waals surface area (Å²) in [4.78, 5) is 14.2. The first-order valence-electron chi connectivity index (χ1n) is 6.48. The van der Waals surface area contributed by atoms with E-state index in [-0.39, 0.29) is 17.1 Å². The monoisotopic (exact) mass is 246 g/mol. The molecule has 2 heterocycles. The van der Waals surface area contributed by atoms with Crippen LogP contribution < -0.4 is 5.32 Å². The molecule has 3 rings (SSSR count). The van der Waals surface area contributed by atoms with Crippen LogP contribution in [0.2, 0.25) is 0 Å². The number of nitrogens with zero attached hydrogens (tertiary/aromatic N) is 1. The Labute approximate surface area is 107 Å². The zero-order valence-electron chi connectivity index (χ0n) is 10.4. The molecule has 96 valence electrons. The van der Waals surface area contributed by atoms with Crippen LogP contribution in [-0.2, 0) is 0 Å². The van der Waals surface area contributed by atoms with Crippen LogP contribution in [0.1, 0.15) is 23.2 Å². The summed E-state index contributed by atoms with van der Waals surface area (Å²) in [5, 5.41) is 13.1. The fourth-order valence-electron chi connectivity index (χ4n) is 3.08. The Morgan fingerprint density at radius 3 is 2.89 bits per heavy atom. The van der Waals surface area contributed by atoms with Gasteiger partial charge in [-0.1, -0.05) is 12.1 Å². The highest BCUT2D eigenvalue weighted by Gasteiger charge is 2.42. The number of benzene rings is 1. The van der Waals surface area contributed by atoms with Crippen molar-refractivity contribution in [3.63, 3.8) is 0 Å². The number of hydrogen-bond donors (Lipinski definition) is 2. The van der Waals surface area contributed by atoms with Crippen LogP contribution in [0.15, 0.2) is 24.3 Å². The standard InChI is InChI=1S/C14H18N2O2/c17-12-4-2-1-3-11(12)13(18)16-8-6-14(10-16)5-7-15-9-14/h1-4,15,17H,5-10H2. The molecule has 0 bridgehead atoms. The van der Waals surface area contributed by atoms with E-state index in [1.54, 1.807) is 24.3 Å². The minimum absolute atomic E-state index is 0.0446. The maximum Gasteiger partial charge on any atom is 0.257 e. The average molecular weight is 246 g/mol. The molecule has 0 saturated carbocycles. The molecule has 2 saturated heterocycles. The largest absolute Gasteiger partial charge is 0.507 e. The second-order valence-electron chi connectivity index (χ2n) is 5.42. The number of rotatable bonds is 1. The Kier molecular flexibility index (Phi) is 2.74. The van der Waals surface area contributed by atoms with Crippen molar-refractivity contribution in [3.8, 4) is 5.75 Å². The summed E-state index contributed by atoms with van der Waals surface area (Å²) in [6.07, 6.45) is 2.22. The summed E-state index contributed by atoms with van der Waals surface area (Å²) in [5.74, 6) is 0.0323. The number of hydrogen-bond acceptors (Lipinski definition) is 3. The van der Waals surface area contributed by atoms with Gasteiger partial charge in [0.15, 0.2) is 0 Å². The van der Waals surface area contributed by atoms with Gasteiger partial charge in [-0.3, -0.25) is 4.79 Å². The second-order valence-corrected chi connectivity index (χ2v) is 5.42. The number of nitrogens with one attached hydrogen (secondary N) is 1. The molecule has 2 fully saturated rings. The molecule has 1 atom stereocenters.